The molecule has 0 amide bonds. The number of pyridine rings is 1. The van der Waals surface area contributed by atoms with Crippen LogP contribution in [-0.4, -0.2) is 59.0 Å². The number of fused-ring (bicyclic) bond motifs is 5. The van der Waals surface area contributed by atoms with E-state index >= 15 is 0 Å². The third kappa shape index (κ3) is 4.58. The maximum atomic E-state index is 12.6. The fraction of sp³-hybridized carbons (Fsp3) is 0.480. The Morgan fingerprint density at radius 3 is 2.71 bits per heavy atom. The van der Waals surface area contributed by atoms with Gasteiger partial charge in [-0.05, 0) is 11.5 Å². The SMILES string of the molecule is COCCOCCCOc1cccc2c3n(nc12)CC(C(C)(C)C)n1cc(C(=O)O)c(=O)cc1-3. The number of ether oxygens (including phenoxy) is 3. The van der Waals surface area contributed by atoms with E-state index in [9.17, 15) is 14.7 Å². The molecule has 1 atom stereocenters. The van der Waals surface area contributed by atoms with Crippen molar-refractivity contribution in [2.45, 2.75) is 39.8 Å². The van der Waals surface area contributed by atoms with E-state index in [2.05, 4.69) is 20.8 Å². The van der Waals surface area contributed by atoms with Gasteiger partial charge in [-0.3, -0.25) is 9.48 Å². The first-order valence-corrected chi connectivity index (χ1v) is 11.4. The number of carbonyl (C=O) groups is 1. The van der Waals surface area contributed by atoms with E-state index < -0.39 is 11.4 Å². The Kier molecular flexibility index (Phi) is 6.77. The van der Waals surface area contributed by atoms with Crippen molar-refractivity contribution < 1.29 is 24.1 Å². The summed E-state index contributed by atoms with van der Waals surface area (Å²) >= 11 is 0. The quantitative estimate of drug-likeness (QED) is 0.478. The van der Waals surface area contributed by atoms with Gasteiger partial charge in [0.1, 0.15) is 16.8 Å². The zero-order valence-corrected chi connectivity index (χ0v) is 20.0. The third-order valence-electron chi connectivity index (χ3n) is 6.09. The molecule has 3 aromatic rings. The maximum Gasteiger partial charge on any atom is 0.341 e. The summed E-state index contributed by atoms with van der Waals surface area (Å²) in [5, 5.41) is 15.2. The molecule has 0 aliphatic carbocycles. The molecular formula is C25H31N3O6. The molecular weight excluding hydrogens is 438 g/mol. The average Bonchev–Trinajstić information content (AvgIpc) is 3.16. The number of hydrogen-bond donors (Lipinski definition) is 1. The second kappa shape index (κ2) is 9.60. The molecule has 34 heavy (non-hydrogen) atoms. The fourth-order valence-corrected chi connectivity index (χ4v) is 4.33. The number of hydrogen-bond acceptors (Lipinski definition) is 6. The minimum absolute atomic E-state index is 0.0865. The van der Waals surface area contributed by atoms with E-state index in [1.165, 1.54) is 12.3 Å². The van der Waals surface area contributed by atoms with Crippen LogP contribution in [0, 0.1) is 5.41 Å². The van der Waals surface area contributed by atoms with Crippen molar-refractivity contribution in [1.29, 1.82) is 0 Å². The minimum Gasteiger partial charge on any atom is -0.491 e. The molecule has 4 rings (SSSR count). The Hall–Kier alpha value is -3.17. The molecule has 182 valence electrons. The molecule has 0 radical (unpaired) electrons. The normalized spacial score (nSPS) is 15.2. The van der Waals surface area contributed by atoms with Crippen LogP contribution in [-0.2, 0) is 16.0 Å². The van der Waals surface area contributed by atoms with E-state index in [-0.39, 0.29) is 17.0 Å². The first-order valence-electron chi connectivity index (χ1n) is 11.4. The summed E-state index contributed by atoms with van der Waals surface area (Å²) < 4.78 is 20.3. The Morgan fingerprint density at radius 1 is 1.21 bits per heavy atom. The van der Waals surface area contributed by atoms with Crippen molar-refractivity contribution in [3.05, 3.63) is 46.2 Å². The second-order valence-corrected chi connectivity index (χ2v) is 9.52. The number of rotatable bonds is 9. The van der Waals surface area contributed by atoms with E-state index in [1.54, 1.807) is 7.11 Å². The van der Waals surface area contributed by atoms with Crippen LogP contribution < -0.4 is 10.2 Å². The van der Waals surface area contributed by atoms with Crippen LogP contribution in [0.25, 0.3) is 22.3 Å². The van der Waals surface area contributed by atoms with Crippen LogP contribution in [0.4, 0.5) is 0 Å². The Bertz CT molecular complexity index is 1250. The van der Waals surface area contributed by atoms with Gasteiger partial charge in [-0.1, -0.05) is 32.9 Å². The summed E-state index contributed by atoms with van der Waals surface area (Å²) in [6, 6.07) is 7.07. The molecule has 0 saturated carbocycles. The third-order valence-corrected chi connectivity index (χ3v) is 6.09. The molecule has 9 heteroatoms. The molecule has 2 aromatic heterocycles. The molecule has 1 aliphatic heterocycles. The van der Waals surface area contributed by atoms with Crippen molar-refractivity contribution in [3.63, 3.8) is 0 Å². The van der Waals surface area contributed by atoms with Crippen molar-refractivity contribution in [1.82, 2.24) is 14.3 Å². The van der Waals surface area contributed by atoms with Crippen LogP contribution in [0.1, 0.15) is 43.6 Å². The summed E-state index contributed by atoms with van der Waals surface area (Å²) in [5.41, 5.74) is 1.22. The molecule has 0 spiro atoms. The van der Waals surface area contributed by atoms with Crippen LogP contribution in [0.2, 0.25) is 0 Å². The second-order valence-electron chi connectivity index (χ2n) is 9.52. The zero-order chi connectivity index (χ0) is 24.5. The highest BCUT2D eigenvalue weighted by atomic mass is 16.5. The average molecular weight is 470 g/mol. The minimum atomic E-state index is -1.22. The van der Waals surface area contributed by atoms with Gasteiger partial charge in [-0.15, -0.1) is 0 Å². The van der Waals surface area contributed by atoms with Gasteiger partial charge in [0.2, 0.25) is 0 Å². The smallest absolute Gasteiger partial charge is 0.341 e. The van der Waals surface area contributed by atoms with E-state index in [0.717, 1.165) is 17.5 Å². The Balaban J connectivity index is 1.71. The molecule has 1 N–H and O–H groups in total. The lowest BCUT2D eigenvalue weighted by molar-refractivity contribution is 0.0645. The topological polar surface area (TPSA) is 105 Å². The van der Waals surface area contributed by atoms with Crippen molar-refractivity contribution in [3.8, 4) is 17.1 Å². The molecule has 1 aromatic carbocycles. The molecule has 0 bridgehead atoms. The zero-order valence-electron chi connectivity index (χ0n) is 20.0. The predicted molar refractivity (Wildman–Crippen MR) is 128 cm³/mol. The lowest BCUT2D eigenvalue weighted by atomic mass is 9.85. The van der Waals surface area contributed by atoms with Gasteiger partial charge < -0.3 is 23.9 Å². The summed E-state index contributed by atoms with van der Waals surface area (Å²) in [6.07, 6.45) is 2.21. The van der Waals surface area contributed by atoms with E-state index in [1.807, 2.05) is 27.4 Å². The van der Waals surface area contributed by atoms with Crippen LogP contribution in [0.5, 0.6) is 5.75 Å². The predicted octanol–water partition coefficient (Wildman–Crippen LogP) is 3.60. The van der Waals surface area contributed by atoms with Gasteiger partial charge in [-0.25, -0.2) is 4.79 Å². The first-order chi connectivity index (χ1) is 16.2. The lowest BCUT2D eigenvalue weighted by Gasteiger charge is -2.38. The number of benzene rings is 1. The number of methoxy groups -OCH3 is 1. The largest absolute Gasteiger partial charge is 0.491 e. The lowest BCUT2D eigenvalue weighted by Crippen LogP contribution is -2.35. The van der Waals surface area contributed by atoms with Gasteiger partial charge in [-0.2, -0.15) is 5.10 Å². The number of aromatic carboxylic acids is 1. The summed E-state index contributed by atoms with van der Waals surface area (Å²) in [5.74, 6) is -0.557. The standard InChI is InChI=1S/C25H31N3O6/c1-25(2,3)21-15-28-23(18-13-19(29)17(24(30)31)14-27(18)21)16-7-5-8-20(22(16)26-28)34-10-6-9-33-12-11-32-4/h5,7-8,13-14,21H,6,9-12,15H2,1-4H3,(H,30,31). The highest BCUT2D eigenvalue weighted by molar-refractivity contribution is 5.96. The summed E-state index contributed by atoms with van der Waals surface area (Å²) in [7, 11) is 1.64. The first kappa shape index (κ1) is 24.0. The molecule has 3 heterocycles. The monoisotopic (exact) mass is 469 g/mol. The van der Waals surface area contributed by atoms with E-state index in [0.29, 0.717) is 49.9 Å². The molecule has 1 unspecified atom stereocenters. The highest BCUT2D eigenvalue weighted by Crippen LogP contribution is 2.43. The molecule has 1 aliphatic rings. The van der Waals surface area contributed by atoms with Gasteiger partial charge in [0.05, 0.1) is 43.8 Å². The van der Waals surface area contributed by atoms with Crippen LogP contribution in [0.3, 0.4) is 0 Å². The number of carboxylic acid groups (broad SMARTS) is 1. The molecule has 9 nitrogen and oxygen atoms in total. The highest BCUT2D eigenvalue weighted by Gasteiger charge is 2.35. The van der Waals surface area contributed by atoms with Crippen LogP contribution >= 0.6 is 0 Å². The van der Waals surface area contributed by atoms with Crippen molar-refractivity contribution >= 4 is 16.9 Å². The van der Waals surface area contributed by atoms with Gasteiger partial charge in [0, 0.05) is 37.8 Å². The van der Waals surface area contributed by atoms with E-state index in [4.69, 9.17) is 19.3 Å². The number of aromatic nitrogens is 3. The summed E-state index contributed by atoms with van der Waals surface area (Å²) in [6.45, 7) is 9.01. The van der Waals surface area contributed by atoms with Gasteiger partial charge in [0.25, 0.3) is 0 Å². The molecule has 0 fully saturated rings. The van der Waals surface area contributed by atoms with Crippen LogP contribution in [0.15, 0.2) is 35.3 Å². The van der Waals surface area contributed by atoms with Crippen molar-refractivity contribution in [2.24, 2.45) is 5.41 Å². The summed E-state index contributed by atoms with van der Waals surface area (Å²) in [4.78, 5) is 24.3. The van der Waals surface area contributed by atoms with Gasteiger partial charge >= 0.3 is 5.97 Å². The van der Waals surface area contributed by atoms with Crippen molar-refractivity contribution in [2.75, 3.05) is 33.5 Å². The number of nitrogens with zero attached hydrogens (tertiary/aromatic N) is 3. The van der Waals surface area contributed by atoms with Gasteiger partial charge in [0.15, 0.2) is 5.43 Å². The molecule has 0 saturated heterocycles. The maximum absolute atomic E-state index is 12.6. The number of carboxylic acids is 1. The fourth-order valence-electron chi connectivity index (χ4n) is 4.33. The Labute approximate surface area is 197 Å². The Morgan fingerprint density at radius 2 is 2.00 bits per heavy atom.